The van der Waals surface area contributed by atoms with Gasteiger partial charge in [0, 0.05) is 6.07 Å². The molecule has 0 saturated carbocycles. The molecule has 140 valence electrons. The van der Waals surface area contributed by atoms with Crippen LogP contribution in [0.25, 0.3) is 0 Å². The molecule has 2 heterocycles. The third-order valence-electron chi connectivity index (χ3n) is 3.56. The van der Waals surface area contributed by atoms with Crippen molar-refractivity contribution in [1.82, 2.24) is 10.1 Å². The first-order valence-corrected chi connectivity index (χ1v) is 7.90. The van der Waals surface area contributed by atoms with Crippen molar-refractivity contribution in [1.29, 1.82) is 0 Å². The first-order chi connectivity index (χ1) is 12.9. The molecule has 27 heavy (non-hydrogen) atoms. The molecule has 0 saturated heterocycles. The summed E-state index contributed by atoms with van der Waals surface area (Å²) in [6.45, 7) is 2.87. The maximum atomic E-state index is 12.8. The predicted octanol–water partition coefficient (Wildman–Crippen LogP) is 2.71. The van der Waals surface area contributed by atoms with Gasteiger partial charge in [-0.15, -0.1) is 0 Å². The Kier molecular flexibility index (Phi) is 5.30. The van der Waals surface area contributed by atoms with Crippen LogP contribution in [0.15, 0.2) is 44.1 Å². The van der Waals surface area contributed by atoms with Gasteiger partial charge in [-0.05, 0) is 43.7 Å². The molecule has 9 heteroatoms. The van der Waals surface area contributed by atoms with Crippen molar-refractivity contribution >= 4 is 5.97 Å². The van der Waals surface area contributed by atoms with Crippen LogP contribution in [0.5, 0.6) is 5.75 Å². The average Bonchev–Trinajstić information content (AvgIpc) is 3.06. The van der Waals surface area contributed by atoms with Crippen LogP contribution >= 0.6 is 0 Å². The zero-order valence-electron chi connectivity index (χ0n) is 14.5. The summed E-state index contributed by atoms with van der Waals surface area (Å²) >= 11 is 0. The second-order valence-electron chi connectivity index (χ2n) is 5.60. The standard InChI is InChI=1S/C18H15FN2O6/c1-10-7-16(22)26-11(2)17(10)18(23)25-9-15-20-14(21-27-15)8-24-13-5-3-12(19)4-6-13/h3-7H,8-9H2,1-2H3. The van der Waals surface area contributed by atoms with Crippen molar-refractivity contribution < 1.29 is 27.6 Å². The summed E-state index contributed by atoms with van der Waals surface area (Å²) in [6, 6.07) is 6.70. The summed E-state index contributed by atoms with van der Waals surface area (Å²) in [7, 11) is 0. The molecule has 0 bridgehead atoms. The van der Waals surface area contributed by atoms with Gasteiger partial charge in [0.05, 0.1) is 0 Å². The Morgan fingerprint density at radius 2 is 1.93 bits per heavy atom. The number of aryl methyl sites for hydroxylation is 2. The van der Waals surface area contributed by atoms with Gasteiger partial charge in [0.15, 0.2) is 13.2 Å². The molecule has 0 amide bonds. The Labute approximate surface area is 152 Å². The molecule has 0 spiro atoms. The molecular weight excluding hydrogens is 359 g/mol. The molecule has 0 aliphatic carbocycles. The fraction of sp³-hybridized carbons (Fsp3) is 0.222. The van der Waals surface area contributed by atoms with Gasteiger partial charge in [0.2, 0.25) is 5.82 Å². The van der Waals surface area contributed by atoms with Crippen LogP contribution in [-0.4, -0.2) is 16.1 Å². The highest BCUT2D eigenvalue weighted by molar-refractivity contribution is 5.91. The molecule has 3 rings (SSSR count). The summed E-state index contributed by atoms with van der Waals surface area (Å²) in [5.41, 5.74) is 0.0888. The van der Waals surface area contributed by atoms with E-state index < -0.39 is 11.6 Å². The van der Waals surface area contributed by atoms with Gasteiger partial charge in [0.25, 0.3) is 5.89 Å². The van der Waals surface area contributed by atoms with Crippen LogP contribution < -0.4 is 10.4 Å². The van der Waals surface area contributed by atoms with E-state index in [1.165, 1.54) is 37.3 Å². The molecule has 0 unspecified atom stereocenters. The van der Waals surface area contributed by atoms with Crippen molar-refractivity contribution in [2.45, 2.75) is 27.1 Å². The van der Waals surface area contributed by atoms with Gasteiger partial charge in [-0.25, -0.2) is 14.0 Å². The Morgan fingerprint density at radius 1 is 1.19 bits per heavy atom. The maximum Gasteiger partial charge on any atom is 0.342 e. The fourth-order valence-corrected chi connectivity index (χ4v) is 2.35. The number of aromatic nitrogens is 2. The maximum absolute atomic E-state index is 12.8. The van der Waals surface area contributed by atoms with Crippen LogP contribution in [0.1, 0.15) is 33.4 Å². The third kappa shape index (κ3) is 4.57. The smallest absolute Gasteiger partial charge is 0.342 e. The average molecular weight is 374 g/mol. The van der Waals surface area contributed by atoms with E-state index >= 15 is 0 Å². The lowest BCUT2D eigenvalue weighted by atomic mass is 10.1. The lowest BCUT2D eigenvalue weighted by molar-refractivity contribution is 0.0424. The molecule has 0 aliphatic heterocycles. The van der Waals surface area contributed by atoms with Crippen LogP contribution in [0.2, 0.25) is 0 Å². The van der Waals surface area contributed by atoms with Crippen LogP contribution in [-0.2, 0) is 18.0 Å². The highest BCUT2D eigenvalue weighted by Gasteiger charge is 2.18. The van der Waals surface area contributed by atoms with Crippen LogP contribution in [0, 0.1) is 19.7 Å². The van der Waals surface area contributed by atoms with E-state index in [-0.39, 0.29) is 42.1 Å². The van der Waals surface area contributed by atoms with Crippen molar-refractivity contribution in [3.63, 3.8) is 0 Å². The van der Waals surface area contributed by atoms with E-state index in [2.05, 4.69) is 10.1 Å². The van der Waals surface area contributed by atoms with E-state index in [1.807, 2.05) is 0 Å². The molecular formula is C18H15FN2O6. The number of halogens is 1. The summed E-state index contributed by atoms with van der Waals surface area (Å²) in [5, 5.41) is 3.71. The van der Waals surface area contributed by atoms with Crippen molar-refractivity contribution in [2.75, 3.05) is 0 Å². The Hall–Kier alpha value is -3.49. The van der Waals surface area contributed by atoms with Crippen LogP contribution in [0.3, 0.4) is 0 Å². The van der Waals surface area contributed by atoms with Gasteiger partial charge in [-0.1, -0.05) is 5.16 Å². The van der Waals surface area contributed by atoms with E-state index in [4.69, 9.17) is 18.4 Å². The number of hydrogen-bond donors (Lipinski definition) is 0. The van der Waals surface area contributed by atoms with Gasteiger partial charge in [-0.2, -0.15) is 4.98 Å². The number of nitrogens with zero attached hydrogens (tertiary/aromatic N) is 2. The number of carbonyl (C=O) groups excluding carboxylic acids is 1. The number of carbonyl (C=O) groups is 1. The normalized spacial score (nSPS) is 10.6. The highest BCUT2D eigenvalue weighted by atomic mass is 19.1. The summed E-state index contributed by atoms with van der Waals surface area (Å²) in [4.78, 5) is 27.5. The summed E-state index contributed by atoms with van der Waals surface area (Å²) < 4.78 is 33.2. The van der Waals surface area contributed by atoms with Gasteiger partial charge in [-0.3, -0.25) is 0 Å². The monoisotopic (exact) mass is 374 g/mol. The molecule has 0 atom stereocenters. The van der Waals surface area contributed by atoms with Crippen molar-refractivity contribution in [2.24, 2.45) is 0 Å². The number of rotatable bonds is 6. The first kappa shape index (κ1) is 18.3. The van der Waals surface area contributed by atoms with Crippen LogP contribution in [0.4, 0.5) is 4.39 Å². The number of hydrogen-bond acceptors (Lipinski definition) is 8. The Balaban J connectivity index is 1.57. The number of ether oxygens (including phenoxy) is 2. The lowest BCUT2D eigenvalue weighted by Crippen LogP contribution is -2.13. The number of esters is 1. The lowest BCUT2D eigenvalue weighted by Gasteiger charge is -2.06. The molecule has 8 nitrogen and oxygen atoms in total. The SMILES string of the molecule is Cc1cc(=O)oc(C)c1C(=O)OCc1nc(COc2ccc(F)cc2)no1. The fourth-order valence-electron chi connectivity index (χ4n) is 2.35. The molecule has 0 aliphatic rings. The topological polar surface area (TPSA) is 105 Å². The minimum absolute atomic E-state index is 0.00510. The highest BCUT2D eigenvalue weighted by Crippen LogP contribution is 2.15. The molecule has 0 N–H and O–H groups in total. The van der Waals surface area contributed by atoms with E-state index in [9.17, 15) is 14.0 Å². The first-order valence-electron chi connectivity index (χ1n) is 7.90. The number of benzene rings is 1. The zero-order valence-corrected chi connectivity index (χ0v) is 14.5. The largest absolute Gasteiger partial charge is 0.485 e. The quantitative estimate of drug-likeness (QED) is 0.607. The van der Waals surface area contributed by atoms with E-state index in [0.717, 1.165) is 0 Å². The minimum Gasteiger partial charge on any atom is -0.485 e. The zero-order chi connectivity index (χ0) is 19.4. The molecule has 3 aromatic rings. The van der Waals surface area contributed by atoms with E-state index in [0.29, 0.717) is 11.3 Å². The molecule has 0 fully saturated rings. The van der Waals surface area contributed by atoms with Gasteiger partial charge < -0.3 is 18.4 Å². The molecule has 0 radical (unpaired) electrons. The summed E-state index contributed by atoms with van der Waals surface area (Å²) in [5.74, 6) is -0.1000. The second kappa shape index (κ2) is 7.81. The van der Waals surface area contributed by atoms with Gasteiger partial charge in [0.1, 0.15) is 22.9 Å². The molecule has 2 aromatic heterocycles. The van der Waals surface area contributed by atoms with Crippen molar-refractivity contribution in [3.8, 4) is 5.75 Å². The Morgan fingerprint density at radius 3 is 2.63 bits per heavy atom. The second-order valence-corrected chi connectivity index (χ2v) is 5.60. The third-order valence-corrected chi connectivity index (χ3v) is 3.56. The minimum atomic E-state index is -0.670. The predicted molar refractivity (Wildman–Crippen MR) is 88.6 cm³/mol. The Bertz CT molecular complexity index is 983. The van der Waals surface area contributed by atoms with Crippen molar-refractivity contribution in [3.05, 3.63) is 75.2 Å². The van der Waals surface area contributed by atoms with E-state index in [1.54, 1.807) is 6.92 Å². The van der Waals surface area contributed by atoms with Gasteiger partial charge >= 0.3 is 11.6 Å². The summed E-state index contributed by atoms with van der Waals surface area (Å²) in [6.07, 6.45) is 0. The molecule has 1 aromatic carbocycles.